The first kappa shape index (κ1) is 20.1. The zero-order chi connectivity index (χ0) is 19.1. The molecule has 0 bridgehead atoms. The quantitative estimate of drug-likeness (QED) is 0.652. The molecule has 1 aliphatic heterocycles. The summed E-state index contributed by atoms with van der Waals surface area (Å²) in [4.78, 5) is 13.7. The van der Waals surface area contributed by atoms with Crippen molar-refractivity contribution in [2.24, 2.45) is 17.6 Å². The molecule has 4 nitrogen and oxygen atoms in total. The van der Waals surface area contributed by atoms with E-state index >= 15 is 0 Å². The molecule has 27 heavy (non-hydrogen) atoms. The van der Waals surface area contributed by atoms with Crippen molar-refractivity contribution in [2.75, 3.05) is 6.54 Å². The molecule has 0 radical (unpaired) electrons. The van der Waals surface area contributed by atoms with E-state index in [4.69, 9.17) is 5.73 Å². The lowest BCUT2D eigenvalue weighted by molar-refractivity contribution is -0.127. The summed E-state index contributed by atoms with van der Waals surface area (Å²) in [5, 5.41) is 11.1. The number of nitrogens with zero attached hydrogens (tertiary/aromatic N) is 1. The molecule has 0 spiro atoms. The van der Waals surface area contributed by atoms with Crippen LogP contribution in [0.15, 0.2) is 42.5 Å². The fourth-order valence-electron chi connectivity index (χ4n) is 4.72. The fraction of sp³-hybridized carbons (Fsp3) is 0.609. The van der Waals surface area contributed by atoms with E-state index in [0.29, 0.717) is 0 Å². The van der Waals surface area contributed by atoms with Gasteiger partial charge in [0.25, 0.3) is 0 Å². The Kier molecular flexibility index (Phi) is 7.48. The first-order valence-corrected chi connectivity index (χ1v) is 10.6. The Hall–Kier alpha value is -1.65. The van der Waals surface area contributed by atoms with Crippen LogP contribution in [0.4, 0.5) is 0 Å². The Morgan fingerprint density at radius 2 is 1.93 bits per heavy atom. The Balaban J connectivity index is 1.65. The second-order valence-corrected chi connectivity index (χ2v) is 8.22. The lowest BCUT2D eigenvalue weighted by Crippen LogP contribution is -2.48. The van der Waals surface area contributed by atoms with E-state index in [1.807, 2.05) is 23.1 Å². The van der Waals surface area contributed by atoms with E-state index in [1.54, 1.807) is 0 Å². The molecule has 0 aromatic heterocycles. The summed E-state index contributed by atoms with van der Waals surface area (Å²) in [6.45, 7) is 0.732. The van der Waals surface area contributed by atoms with Crippen molar-refractivity contribution in [3.8, 4) is 0 Å². The molecule has 1 aliphatic carbocycles. The van der Waals surface area contributed by atoms with Gasteiger partial charge in [0.15, 0.2) is 0 Å². The number of likely N-dealkylation sites (tertiary alicyclic amines) is 1. The molecule has 3 rings (SSSR count). The van der Waals surface area contributed by atoms with Gasteiger partial charge < -0.3 is 10.8 Å². The molecule has 3 atom stereocenters. The number of aliphatic hydroxyl groups excluding tert-OH is 1. The van der Waals surface area contributed by atoms with Crippen LogP contribution in [0, 0.1) is 11.8 Å². The minimum absolute atomic E-state index is 0.0315. The minimum atomic E-state index is -0.673. The normalized spacial score (nSPS) is 23.8. The van der Waals surface area contributed by atoms with Crippen molar-refractivity contribution < 1.29 is 9.90 Å². The summed E-state index contributed by atoms with van der Waals surface area (Å²) in [5.74, 6) is 0.524. The number of benzene rings is 1. The molecule has 1 unspecified atom stereocenters. The molecule has 1 heterocycles. The molecule has 1 aromatic rings. The lowest BCUT2D eigenvalue weighted by Gasteiger charge is -2.32. The third kappa shape index (κ3) is 5.66. The molecule has 1 saturated carbocycles. The average Bonchev–Trinajstić information content (AvgIpc) is 3.36. The van der Waals surface area contributed by atoms with Gasteiger partial charge >= 0.3 is 0 Å². The average molecular weight is 371 g/mol. The first-order chi connectivity index (χ1) is 13.1. The van der Waals surface area contributed by atoms with Crippen LogP contribution in [0.2, 0.25) is 0 Å². The van der Waals surface area contributed by atoms with Crippen molar-refractivity contribution in [2.45, 2.75) is 70.1 Å². The SMILES string of the molecule is NC(=O)[C@@H]1CCCN1C(O)[C@H](/C=C/CCC1CCCC1)Cc1ccccc1. The zero-order valence-corrected chi connectivity index (χ0v) is 16.3. The number of carbonyl (C=O) groups excluding carboxylic acids is 1. The first-order valence-electron chi connectivity index (χ1n) is 10.6. The van der Waals surface area contributed by atoms with E-state index in [9.17, 15) is 9.90 Å². The number of hydrogen-bond donors (Lipinski definition) is 2. The van der Waals surface area contributed by atoms with Gasteiger partial charge in [-0.3, -0.25) is 9.69 Å². The zero-order valence-electron chi connectivity index (χ0n) is 16.3. The predicted octanol–water partition coefficient (Wildman–Crippen LogP) is 3.64. The van der Waals surface area contributed by atoms with Gasteiger partial charge in [0, 0.05) is 12.5 Å². The smallest absolute Gasteiger partial charge is 0.234 e. The number of rotatable bonds is 9. The molecule has 1 amide bonds. The fourth-order valence-corrected chi connectivity index (χ4v) is 4.72. The monoisotopic (exact) mass is 370 g/mol. The molecule has 2 fully saturated rings. The molecular weight excluding hydrogens is 336 g/mol. The molecule has 148 valence electrons. The van der Waals surface area contributed by atoms with Crippen LogP contribution in [0.1, 0.15) is 56.9 Å². The van der Waals surface area contributed by atoms with Crippen molar-refractivity contribution >= 4 is 5.91 Å². The van der Waals surface area contributed by atoms with Crippen molar-refractivity contribution in [3.05, 3.63) is 48.0 Å². The lowest BCUT2D eigenvalue weighted by atomic mass is 9.94. The second kappa shape index (κ2) is 10.0. The molecule has 2 aliphatic rings. The predicted molar refractivity (Wildman–Crippen MR) is 109 cm³/mol. The standard InChI is InChI=1S/C23H34N2O2/c24-22(26)21-15-8-16-25(21)23(27)20(17-19-12-2-1-3-13-19)14-7-6-11-18-9-4-5-10-18/h1-3,7,12-14,18,20-21,23,27H,4-6,8-11,15-17H2,(H2,24,26)/b14-7+/t20-,21+,23?/m1/s1. The van der Waals surface area contributed by atoms with Gasteiger partial charge in [0.1, 0.15) is 6.23 Å². The summed E-state index contributed by atoms with van der Waals surface area (Å²) in [6.07, 6.45) is 14.0. The molecule has 1 saturated heterocycles. The van der Waals surface area contributed by atoms with Gasteiger partial charge in [-0.25, -0.2) is 0 Å². The topological polar surface area (TPSA) is 66.6 Å². The number of hydrogen-bond acceptors (Lipinski definition) is 3. The van der Waals surface area contributed by atoms with Gasteiger partial charge in [-0.05, 0) is 43.6 Å². The van der Waals surface area contributed by atoms with Crippen LogP contribution in [-0.4, -0.2) is 34.7 Å². The number of nitrogens with two attached hydrogens (primary N) is 1. The Labute approximate surface area is 163 Å². The van der Waals surface area contributed by atoms with Crippen molar-refractivity contribution in [1.82, 2.24) is 4.90 Å². The number of amides is 1. The van der Waals surface area contributed by atoms with Crippen LogP contribution in [-0.2, 0) is 11.2 Å². The second-order valence-electron chi connectivity index (χ2n) is 8.22. The van der Waals surface area contributed by atoms with Crippen LogP contribution in [0.5, 0.6) is 0 Å². The minimum Gasteiger partial charge on any atom is -0.378 e. The van der Waals surface area contributed by atoms with Gasteiger partial charge in [-0.2, -0.15) is 0 Å². The summed E-state index contributed by atoms with van der Waals surface area (Å²) in [7, 11) is 0. The Bertz CT molecular complexity index is 610. The van der Waals surface area contributed by atoms with Crippen molar-refractivity contribution in [3.63, 3.8) is 0 Å². The largest absolute Gasteiger partial charge is 0.378 e. The molecule has 3 N–H and O–H groups in total. The Morgan fingerprint density at radius 3 is 2.63 bits per heavy atom. The number of allylic oxidation sites excluding steroid dienone is 1. The highest BCUT2D eigenvalue weighted by Gasteiger charge is 2.36. The third-order valence-corrected chi connectivity index (χ3v) is 6.26. The van der Waals surface area contributed by atoms with E-state index in [0.717, 1.165) is 38.1 Å². The number of primary amides is 1. The molecule has 1 aromatic carbocycles. The molecular formula is C23H34N2O2. The summed E-state index contributed by atoms with van der Waals surface area (Å²) >= 11 is 0. The van der Waals surface area contributed by atoms with Crippen LogP contribution >= 0.6 is 0 Å². The summed E-state index contributed by atoms with van der Waals surface area (Å²) < 4.78 is 0. The van der Waals surface area contributed by atoms with Gasteiger partial charge in [0.05, 0.1) is 6.04 Å². The van der Waals surface area contributed by atoms with Crippen molar-refractivity contribution in [1.29, 1.82) is 0 Å². The number of carbonyl (C=O) groups is 1. The van der Waals surface area contributed by atoms with E-state index in [2.05, 4.69) is 24.3 Å². The van der Waals surface area contributed by atoms with Gasteiger partial charge in [-0.15, -0.1) is 0 Å². The van der Waals surface area contributed by atoms with E-state index in [-0.39, 0.29) is 17.9 Å². The third-order valence-electron chi connectivity index (χ3n) is 6.26. The molecule has 4 heteroatoms. The van der Waals surface area contributed by atoms with E-state index in [1.165, 1.54) is 37.7 Å². The van der Waals surface area contributed by atoms with E-state index < -0.39 is 6.23 Å². The Morgan fingerprint density at radius 1 is 1.19 bits per heavy atom. The number of aliphatic hydroxyl groups is 1. The maximum absolute atomic E-state index is 11.8. The van der Waals surface area contributed by atoms with Crippen LogP contribution in [0.25, 0.3) is 0 Å². The maximum atomic E-state index is 11.8. The highest BCUT2D eigenvalue weighted by atomic mass is 16.3. The van der Waals surface area contributed by atoms with Gasteiger partial charge in [-0.1, -0.05) is 68.2 Å². The van der Waals surface area contributed by atoms with Crippen LogP contribution < -0.4 is 5.73 Å². The van der Waals surface area contributed by atoms with Crippen LogP contribution in [0.3, 0.4) is 0 Å². The highest BCUT2D eigenvalue weighted by molar-refractivity contribution is 5.80. The highest BCUT2D eigenvalue weighted by Crippen LogP contribution is 2.29. The van der Waals surface area contributed by atoms with Gasteiger partial charge in [0.2, 0.25) is 5.91 Å². The maximum Gasteiger partial charge on any atom is 0.234 e. The summed E-state index contributed by atoms with van der Waals surface area (Å²) in [6, 6.07) is 9.93. The summed E-state index contributed by atoms with van der Waals surface area (Å²) in [5.41, 5.74) is 6.77.